The van der Waals surface area contributed by atoms with Crippen molar-refractivity contribution in [3.8, 4) is 0 Å². The van der Waals surface area contributed by atoms with Gasteiger partial charge in [0.25, 0.3) is 0 Å². The maximum atomic E-state index is 5.44. The van der Waals surface area contributed by atoms with E-state index in [4.69, 9.17) is 9.47 Å². The van der Waals surface area contributed by atoms with Crippen LogP contribution in [0.3, 0.4) is 0 Å². The van der Waals surface area contributed by atoms with Crippen LogP contribution in [0.5, 0.6) is 0 Å². The molecule has 1 fully saturated rings. The van der Waals surface area contributed by atoms with E-state index in [-0.39, 0.29) is 6.10 Å². The van der Waals surface area contributed by atoms with E-state index in [1.807, 2.05) is 6.08 Å². The smallest absolute Gasteiger partial charge is 0.0933 e. The highest BCUT2D eigenvalue weighted by atomic mass is 16.5. The summed E-state index contributed by atoms with van der Waals surface area (Å²) in [7, 11) is 0. The van der Waals surface area contributed by atoms with E-state index in [2.05, 4.69) is 11.9 Å². The van der Waals surface area contributed by atoms with Crippen molar-refractivity contribution in [2.24, 2.45) is 0 Å². The van der Waals surface area contributed by atoms with Crippen molar-refractivity contribution in [3.05, 3.63) is 12.7 Å². The van der Waals surface area contributed by atoms with Gasteiger partial charge in [0, 0.05) is 13.1 Å². The SMILES string of the molecule is C=CCCOCC1CNCCO1. The first kappa shape index (κ1) is 9.71. The summed E-state index contributed by atoms with van der Waals surface area (Å²) in [5.74, 6) is 0. The lowest BCUT2D eigenvalue weighted by Gasteiger charge is -2.23. The van der Waals surface area contributed by atoms with Gasteiger partial charge in [-0.2, -0.15) is 0 Å². The topological polar surface area (TPSA) is 30.5 Å². The Morgan fingerprint density at radius 1 is 1.67 bits per heavy atom. The molecule has 12 heavy (non-hydrogen) atoms. The molecule has 3 heteroatoms. The van der Waals surface area contributed by atoms with Crippen molar-refractivity contribution in [2.75, 3.05) is 32.9 Å². The molecule has 3 nitrogen and oxygen atoms in total. The van der Waals surface area contributed by atoms with E-state index in [1.54, 1.807) is 0 Å². The summed E-state index contributed by atoms with van der Waals surface area (Å²) in [6.07, 6.45) is 3.02. The highest BCUT2D eigenvalue weighted by Crippen LogP contribution is 1.96. The zero-order chi connectivity index (χ0) is 8.65. The fourth-order valence-corrected chi connectivity index (χ4v) is 1.11. The predicted molar refractivity (Wildman–Crippen MR) is 48.2 cm³/mol. The molecule has 0 spiro atoms. The zero-order valence-electron chi connectivity index (χ0n) is 7.42. The summed E-state index contributed by atoms with van der Waals surface area (Å²) in [5, 5.41) is 3.25. The van der Waals surface area contributed by atoms with Gasteiger partial charge >= 0.3 is 0 Å². The summed E-state index contributed by atoms with van der Waals surface area (Å²) >= 11 is 0. The second-order valence-corrected chi connectivity index (χ2v) is 2.85. The van der Waals surface area contributed by atoms with Gasteiger partial charge < -0.3 is 14.8 Å². The van der Waals surface area contributed by atoms with Gasteiger partial charge in [0.1, 0.15) is 0 Å². The lowest BCUT2D eigenvalue weighted by Crippen LogP contribution is -2.41. The first-order valence-electron chi connectivity index (χ1n) is 4.44. The summed E-state index contributed by atoms with van der Waals surface area (Å²) in [6, 6.07) is 0. The molecule has 0 aliphatic carbocycles. The average molecular weight is 171 g/mol. The van der Waals surface area contributed by atoms with Gasteiger partial charge in [-0.15, -0.1) is 6.58 Å². The maximum absolute atomic E-state index is 5.44. The first-order chi connectivity index (χ1) is 5.93. The van der Waals surface area contributed by atoms with Crippen molar-refractivity contribution in [1.29, 1.82) is 0 Å². The van der Waals surface area contributed by atoms with Crippen LogP contribution in [0, 0.1) is 0 Å². The molecule has 1 saturated heterocycles. The zero-order valence-corrected chi connectivity index (χ0v) is 7.42. The molecule has 0 aromatic rings. The molecule has 1 atom stereocenters. The van der Waals surface area contributed by atoms with Gasteiger partial charge in [-0.25, -0.2) is 0 Å². The van der Waals surface area contributed by atoms with Crippen LogP contribution in [0.15, 0.2) is 12.7 Å². The molecule has 1 aliphatic rings. The van der Waals surface area contributed by atoms with Crippen molar-refractivity contribution in [1.82, 2.24) is 5.32 Å². The molecule has 1 N–H and O–H groups in total. The Morgan fingerprint density at radius 2 is 2.58 bits per heavy atom. The lowest BCUT2D eigenvalue weighted by atomic mass is 10.3. The van der Waals surface area contributed by atoms with Crippen molar-refractivity contribution in [3.63, 3.8) is 0 Å². The monoisotopic (exact) mass is 171 g/mol. The van der Waals surface area contributed by atoms with Crippen LogP contribution >= 0.6 is 0 Å². The van der Waals surface area contributed by atoms with Crippen LogP contribution in [0.1, 0.15) is 6.42 Å². The van der Waals surface area contributed by atoms with E-state index in [1.165, 1.54) is 0 Å². The van der Waals surface area contributed by atoms with Crippen LogP contribution in [-0.4, -0.2) is 39.0 Å². The fourth-order valence-electron chi connectivity index (χ4n) is 1.11. The minimum atomic E-state index is 0.239. The molecule has 1 aliphatic heterocycles. The molecule has 0 radical (unpaired) electrons. The maximum Gasteiger partial charge on any atom is 0.0933 e. The molecule has 0 aromatic carbocycles. The number of hydrogen-bond donors (Lipinski definition) is 1. The van der Waals surface area contributed by atoms with E-state index in [0.717, 1.165) is 32.7 Å². The van der Waals surface area contributed by atoms with Gasteiger partial charge in [-0.3, -0.25) is 0 Å². The Morgan fingerprint density at radius 3 is 3.25 bits per heavy atom. The fraction of sp³-hybridized carbons (Fsp3) is 0.778. The van der Waals surface area contributed by atoms with Crippen LogP contribution in [-0.2, 0) is 9.47 Å². The van der Waals surface area contributed by atoms with E-state index >= 15 is 0 Å². The van der Waals surface area contributed by atoms with Gasteiger partial charge in [0.15, 0.2) is 0 Å². The Kier molecular flexibility index (Phi) is 4.99. The van der Waals surface area contributed by atoms with E-state index < -0.39 is 0 Å². The molecule has 70 valence electrons. The molecular formula is C9H17NO2. The number of hydrogen-bond acceptors (Lipinski definition) is 3. The summed E-state index contributed by atoms with van der Waals surface area (Å²) < 4.78 is 10.8. The third-order valence-corrected chi connectivity index (χ3v) is 1.77. The Balaban J connectivity index is 1.94. The second-order valence-electron chi connectivity index (χ2n) is 2.85. The molecule has 0 amide bonds. The Bertz CT molecular complexity index is 122. The van der Waals surface area contributed by atoms with Crippen molar-refractivity contribution >= 4 is 0 Å². The van der Waals surface area contributed by atoms with Crippen LogP contribution in [0.4, 0.5) is 0 Å². The summed E-state index contributed by atoms with van der Waals surface area (Å²) in [5.41, 5.74) is 0. The standard InChI is InChI=1S/C9H17NO2/c1-2-3-5-11-8-9-7-10-4-6-12-9/h2,9-10H,1,3-8H2. The largest absolute Gasteiger partial charge is 0.378 e. The van der Waals surface area contributed by atoms with Crippen LogP contribution in [0.2, 0.25) is 0 Å². The van der Waals surface area contributed by atoms with Crippen molar-refractivity contribution < 1.29 is 9.47 Å². The highest BCUT2D eigenvalue weighted by Gasteiger charge is 2.12. The Hall–Kier alpha value is -0.380. The molecule has 0 bridgehead atoms. The minimum Gasteiger partial charge on any atom is -0.378 e. The highest BCUT2D eigenvalue weighted by molar-refractivity contribution is 4.67. The predicted octanol–water partition coefficient (Wildman–Crippen LogP) is 0.567. The Labute approximate surface area is 73.7 Å². The number of ether oxygens (including phenoxy) is 2. The molecule has 1 unspecified atom stereocenters. The molecule has 1 heterocycles. The van der Waals surface area contributed by atoms with Gasteiger partial charge in [-0.1, -0.05) is 6.08 Å². The summed E-state index contributed by atoms with van der Waals surface area (Å²) in [4.78, 5) is 0. The quantitative estimate of drug-likeness (QED) is 0.484. The first-order valence-corrected chi connectivity index (χ1v) is 4.44. The molecule has 0 saturated carbocycles. The van der Waals surface area contributed by atoms with Gasteiger partial charge in [0.05, 0.1) is 25.9 Å². The van der Waals surface area contributed by atoms with Gasteiger partial charge in [0.2, 0.25) is 0 Å². The van der Waals surface area contributed by atoms with Gasteiger partial charge in [-0.05, 0) is 6.42 Å². The lowest BCUT2D eigenvalue weighted by molar-refractivity contribution is -0.0304. The number of nitrogens with one attached hydrogen (secondary N) is 1. The third-order valence-electron chi connectivity index (χ3n) is 1.77. The van der Waals surface area contributed by atoms with Crippen LogP contribution in [0.25, 0.3) is 0 Å². The second kappa shape index (κ2) is 6.17. The van der Waals surface area contributed by atoms with Crippen LogP contribution < -0.4 is 5.32 Å². The number of rotatable bonds is 5. The molecule has 1 rings (SSSR count). The average Bonchev–Trinajstić information content (AvgIpc) is 2.14. The minimum absolute atomic E-state index is 0.239. The normalized spacial score (nSPS) is 23.8. The molecule has 0 aromatic heterocycles. The third kappa shape index (κ3) is 3.85. The van der Waals surface area contributed by atoms with Crippen molar-refractivity contribution in [2.45, 2.75) is 12.5 Å². The van der Waals surface area contributed by atoms with E-state index in [0.29, 0.717) is 6.61 Å². The van der Waals surface area contributed by atoms with E-state index in [9.17, 15) is 0 Å². The molecular weight excluding hydrogens is 154 g/mol. The summed E-state index contributed by atoms with van der Waals surface area (Å²) in [6.45, 7) is 7.74. The number of morpholine rings is 1.